The lowest BCUT2D eigenvalue weighted by molar-refractivity contribution is 0.667. The Morgan fingerprint density at radius 1 is 1.36 bits per heavy atom. The van der Waals surface area contributed by atoms with Gasteiger partial charge in [0.2, 0.25) is 0 Å². The van der Waals surface area contributed by atoms with Crippen molar-refractivity contribution in [2.75, 3.05) is 5.33 Å². The standard InChI is InChI=1S/C12H13BrS/c1-9(8-13)7-11-4-2-3-10-5-6-14-12(10)11/h2-6,9H,7-8H2,1H3. The minimum atomic E-state index is 0.711. The Labute approximate surface area is 97.1 Å². The van der Waals surface area contributed by atoms with Crippen LogP contribution in [0.1, 0.15) is 12.5 Å². The van der Waals surface area contributed by atoms with Crippen LogP contribution in [-0.4, -0.2) is 5.33 Å². The number of thiophene rings is 1. The van der Waals surface area contributed by atoms with Gasteiger partial charge in [0.1, 0.15) is 0 Å². The summed E-state index contributed by atoms with van der Waals surface area (Å²) in [4.78, 5) is 0. The Balaban J connectivity index is 2.36. The van der Waals surface area contributed by atoms with E-state index in [0.717, 1.165) is 5.33 Å². The van der Waals surface area contributed by atoms with Crippen molar-refractivity contribution in [2.45, 2.75) is 13.3 Å². The minimum absolute atomic E-state index is 0.711. The molecule has 0 aliphatic carbocycles. The SMILES string of the molecule is CC(CBr)Cc1cccc2ccsc12. The molecule has 1 aromatic heterocycles. The van der Waals surface area contributed by atoms with Gasteiger partial charge >= 0.3 is 0 Å². The summed E-state index contributed by atoms with van der Waals surface area (Å²) in [6, 6.07) is 8.79. The lowest BCUT2D eigenvalue weighted by Crippen LogP contribution is -2.00. The Kier molecular flexibility index (Phi) is 3.24. The zero-order valence-electron chi connectivity index (χ0n) is 8.16. The van der Waals surface area contributed by atoms with Crippen molar-refractivity contribution >= 4 is 37.4 Å². The molecule has 1 unspecified atom stereocenters. The molecule has 0 fully saturated rings. The van der Waals surface area contributed by atoms with Crippen molar-refractivity contribution in [3.8, 4) is 0 Å². The van der Waals surface area contributed by atoms with E-state index in [1.54, 1.807) is 0 Å². The molecule has 1 heterocycles. The smallest absolute Gasteiger partial charge is 0.0374 e. The molecule has 2 rings (SSSR count). The molecular formula is C12H13BrS. The number of rotatable bonds is 3. The lowest BCUT2D eigenvalue weighted by Gasteiger charge is -2.08. The van der Waals surface area contributed by atoms with E-state index in [-0.39, 0.29) is 0 Å². The molecule has 0 saturated heterocycles. The van der Waals surface area contributed by atoms with Crippen molar-refractivity contribution in [3.63, 3.8) is 0 Å². The second kappa shape index (κ2) is 4.45. The molecule has 0 spiro atoms. The van der Waals surface area contributed by atoms with Crippen LogP contribution in [0, 0.1) is 5.92 Å². The third-order valence-electron chi connectivity index (χ3n) is 2.39. The first-order chi connectivity index (χ1) is 6.81. The highest BCUT2D eigenvalue weighted by molar-refractivity contribution is 9.09. The molecule has 1 atom stereocenters. The summed E-state index contributed by atoms with van der Waals surface area (Å²) in [5.74, 6) is 0.711. The fourth-order valence-electron chi connectivity index (χ4n) is 1.65. The van der Waals surface area contributed by atoms with Crippen molar-refractivity contribution in [1.82, 2.24) is 0 Å². The molecule has 0 saturated carbocycles. The average Bonchev–Trinajstić information content (AvgIpc) is 2.66. The highest BCUT2D eigenvalue weighted by Gasteiger charge is 2.06. The third kappa shape index (κ3) is 2.01. The van der Waals surface area contributed by atoms with E-state index in [9.17, 15) is 0 Å². The molecule has 0 amide bonds. The van der Waals surface area contributed by atoms with Gasteiger partial charge in [0.15, 0.2) is 0 Å². The number of halogens is 1. The van der Waals surface area contributed by atoms with Crippen molar-refractivity contribution in [1.29, 1.82) is 0 Å². The van der Waals surface area contributed by atoms with Crippen LogP contribution in [0.25, 0.3) is 10.1 Å². The fourth-order valence-corrected chi connectivity index (χ4v) is 2.80. The second-order valence-electron chi connectivity index (χ2n) is 3.72. The highest BCUT2D eigenvalue weighted by atomic mass is 79.9. The molecule has 2 heteroatoms. The van der Waals surface area contributed by atoms with Gasteiger partial charge in [0.05, 0.1) is 0 Å². The highest BCUT2D eigenvalue weighted by Crippen LogP contribution is 2.26. The number of hydrogen-bond donors (Lipinski definition) is 0. The normalized spacial score (nSPS) is 13.3. The Hall–Kier alpha value is -0.340. The van der Waals surface area contributed by atoms with Gasteiger partial charge < -0.3 is 0 Å². The summed E-state index contributed by atoms with van der Waals surface area (Å²) in [5, 5.41) is 4.64. The molecule has 0 bridgehead atoms. The molecule has 0 nitrogen and oxygen atoms in total. The predicted octanol–water partition coefficient (Wildman–Crippen LogP) is 4.47. The monoisotopic (exact) mass is 268 g/mol. The van der Waals surface area contributed by atoms with Crippen LogP contribution in [0.3, 0.4) is 0 Å². The Morgan fingerprint density at radius 3 is 3.00 bits per heavy atom. The molecule has 14 heavy (non-hydrogen) atoms. The topological polar surface area (TPSA) is 0 Å². The second-order valence-corrected chi connectivity index (χ2v) is 5.28. The van der Waals surface area contributed by atoms with Gasteiger partial charge in [-0.1, -0.05) is 41.1 Å². The maximum Gasteiger partial charge on any atom is 0.0374 e. The van der Waals surface area contributed by atoms with Crippen LogP contribution in [-0.2, 0) is 6.42 Å². The molecule has 0 radical (unpaired) electrons. The molecular weight excluding hydrogens is 256 g/mol. The zero-order valence-corrected chi connectivity index (χ0v) is 10.6. The van der Waals surface area contributed by atoms with Gasteiger partial charge in [-0.25, -0.2) is 0 Å². The van der Waals surface area contributed by atoms with E-state index in [0.29, 0.717) is 5.92 Å². The van der Waals surface area contributed by atoms with Gasteiger partial charge in [-0.05, 0) is 34.7 Å². The van der Waals surface area contributed by atoms with Gasteiger partial charge in [-0.15, -0.1) is 11.3 Å². The van der Waals surface area contributed by atoms with Crippen LogP contribution in [0.4, 0.5) is 0 Å². The molecule has 1 aromatic carbocycles. The van der Waals surface area contributed by atoms with E-state index in [4.69, 9.17) is 0 Å². The first-order valence-electron chi connectivity index (χ1n) is 4.82. The van der Waals surface area contributed by atoms with Crippen molar-refractivity contribution in [2.24, 2.45) is 5.92 Å². The van der Waals surface area contributed by atoms with Crippen LogP contribution in [0.5, 0.6) is 0 Å². The fraction of sp³-hybridized carbons (Fsp3) is 0.333. The molecule has 0 aliphatic rings. The van der Waals surface area contributed by atoms with E-state index in [1.807, 2.05) is 11.3 Å². The first-order valence-corrected chi connectivity index (χ1v) is 6.82. The van der Waals surface area contributed by atoms with E-state index in [1.165, 1.54) is 22.1 Å². The number of alkyl halides is 1. The average molecular weight is 269 g/mol. The summed E-state index contributed by atoms with van der Waals surface area (Å²) >= 11 is 5.38. The van der Waals surface area contributed by atoms with Crippen LogP contribution >= 0.6 is 27.3 Å². The Bertz CT molecular complexity index is 419. The van der Waals surface area contributed by atoms with Gasteiger partial charge in [-0.2, -0.15) is 0 Å². The first kappa shape index (κ1) is 10.2. The van der Waals surface area contributed by atoms with E-state index in [2.05, 4.69) is 52.5 Å². The van der Waals surface area contributed by atoms with Crippen LogP contribution < -0.4 is 0 Å². The lowest BCUT2D eigenvalue weighted by atomic mass is 10.0. The van der Waals surface area contributed by atoms with Crippen molar-refractivity contribution < 1.29 is 0 Å². The van der Waals surface area contributed by atoms with Gasteiger partial charge in [0, 0.05) is 10.0 Å². The molecule has 2 aromatic rings. The van der Waals surface area contributed by atoms with Gasteiger partial charge in [0.25, 0.3) is 0 Å². The number of hydrogen-bond acceptors (Lipinski definition) is 1. The van der Waals surface area contributed by atoms with Crippen LogP contribution in [0.15, 0.2) is 29.6 Å². The summed E-state index contributed by atoms with van der Waals surface area (Å²) in [6.45, 7) is 2.28. The largest absolute Gasteiger partial charge is 0.144 e. The summed E-state index contributed by atoms with van der Waals surface area (Å²) < 4.78 is 1.46. The van der Waals surface area contributed by atoms with E-state index >= 15 is 0 Å². The predicted molar refractivity (Wildman–Crippen MR) is 68.5 cm³/mol. The van der Waals surface area contributed by atoms with Crippen molar-refractivity contribution in [3.05, 3.63) is 35.2 Å². The molecule has 0 aliphatic heterocycles. The Morgan fingerprint density at radius 2 is 2.21 bits per heavy atom. The number of benzene rings is 1. The molecule has 0 N–H and O–H groups in total. The summed E-state index contributed by atoms with van der Waals surface area (Å²) in [5.41, 5.74) is 1.49. The third-order valence-corrected chi connectivity index (χ3v) is 4.50. The maximum atomic E-state index is 3.53. The minimum Gasteiger partial charge on any atom is -0.144 e. The summed E-state index contributed by atoms with van der Waals surface area (Å²) in [7, 11) is 0. The maximum absolute atomic E-state index is 3.53. The zero-order chi connectivity index (χ0) is 9.97. The number of fused-ring (bicyclic) bond motifs is 1. The summed E-state index contributed by atoms with van der Waals surface area (Å²) in [6.07, 6.45) is 1.17. The van der Waals surface area contributed by atoms with E-state index < -0.39 is 0 Å². The quantitative estimate of drug-likeness (QED) is 0.721. The molecule has 74 valence electrons. The van der Waals surface area contributed by atoms with Gasteiger partial charge in [-0.3, -0.25) is 0 Å². The van der Waals surface area contributed by atoms with Crippen LogP contribution in [0.2, 0.25) is 0 Å².